The molecule has 2 amide bonds. The van der Waals surface area contributed by atoms with E-state index < -0.39 is 5.91 Å². The zero-order valence-electron chi connectivity index (χ0n) is 16.5. The van der Waals surface area contributed by atoms with Crippen LogP contribution < -0.4 is 20.3 Å². The Bertz CT molecular complexity index is 887. The molecule has 0 bridgehead atoms. The Morgan fingerprint density at radius 3 is 2.66 bits per heavy atom. The molecule has 3 rings (SSSR count). The van der Waals surface area contributed by atoms with Gasteiger partial charge < -0.3 is 9.47 Å². The van der Waals surface area contributed by atoms with Crippen molar-refractivity contribution in [2.75, 3.05) is 13.7 Å². The minimum absolute atomic E-state index is 0.0836. The predicted octanol–water partition coefficient (Wildman–Crippen LogP) is 4.09. The number of hydrazine groups is 1. The van der Waals surface area contributed by atoms with Crippen LogP contribution in [0.3, 0.4) is 0 Å². The normalized spacial score (nSPS) is 17.3. The van der Waals surface area contributed by atoms with Gasteiger partial charge in [0, 0.05) is 16.5 Å². The molecule has 29 heavy (non-hydrogen) atoms. The molecule has 0 saturated heterocycles. The molecule has 7 heteroatoms. The average molecular weight is 417 g/mol. The number of carbonyl (C=O) groups is 2. The third-order valence-electron chi connectivity index (χ3n) is 4.91. The van der Waals surface area contributed by atoms with Crippen LogP contribution in [0.4, 0.5) is 0 Å². The first-order valence-electron chi connectivity index (χ1n) is 9.70. The molecule has 0 spiro atoms. The lowest BCUT2D eigenvalue weighted by molar-refractivity contribution is -0.123. The van der Waals surface area contributed by atoms with E-state index in [1.807, 2.05) is 24.3 Å². The van der Waals surface area contributed by atoms with Gasteiger partial charge >= 0.3 is 0 Å². The number of amides is 2. The second kappa shape index (κ2) is 9.65. The molecule has 2 aromatic carbocycles. The standard InChI is InChI=1S/C22H25ClN2O4/c1-3-4-11-29-19-10-9-14(12-20(19)28-2)21(26)24-25-22(27)17-13-16(17)15-7-5-6-8-18(15)23/h5-10,12,16-17H,3-4,11,13H2,1-2H3,(H,24,26)(H,25,27). The van der Waals surface area contributed by atoms with Crippen LogP contribution in [-0.2, 0) is 4.79 Å². The first-order chi connectivity index (χ1) is 14.0. The van der Waals surface area contributed by atoms with Gasteiger partial charge in [-0.25, -0.2) is 0 Å². The minimum Gasteiger partial charge on any atom is -0.493 e. The number of halogens is 1. The number of hydrogen-bond donors (Lipinski definition) is 2. The first kappa shape index (κ1) is 21.0. The van der Waals surface area contributed by atoms with Crippen molar-refractivity contribution in [3.8, 4) is 11.5 Å². The van der Waals surface area contributed by atoms with E-state index in [0.717, 1.165) is 18.4 Å². The van der Waals surface area contributed by atoms with Crippen LogP contribution in [-0.4, -0.2) is 25.5 Å². The molecular weight excluding hydrogens is 392 g/mol. The van der Waals surface area contributed by atoms with Crippen LogP contribution in [0.2, 0.25) is 5.02 Å². The summed E-state index contributed by atoms with van der Waals surface area (Å²) in [6, 6.07) is 12.4. The van der Waals surface area contributed by atoms with Gasteiger partial charge in [0.2, 0.25) is 5.91 Å². The van der Waals surface area contributed by atoms with Crippen molar-refractivity contribution in [2.45, 2.75) is 32.1 Å². The fraction of sp³-hybridized carbons (Fsp3) is 0.364. The average Bonchev–Trinajstić information content (AvgIpc) is 3.53. The molecule has 2 N–H and O–H groups in total. The predicted molar refractivity (Wildman–Crippen MR) is 111 cm³/mol. The quantitative estimate of drug-likeness (QED) is 0.502. The Morgan fingerprint density at radius 2 is 1.93 bits per heavy atom. The molecule has 1 aliphatic carbocycles. The number of rotatable bonds is 8. The molecule has 2 atom stereocenters. The molecule has 1 aliphatic rings. The highest BCUT2D eigenvalue weighted by Crippen LogP contribution is 2.49. The molecular formula is C22H25ClN2O4. The molecule has 0 aliphatic heterocycles. The Hall–Kier alpha value is -2.73. The topological polar surface area (TPSA) is 76.7 Å². The van der Waals surface area contributed by atoms with E-state index in [0.29, 0.717) is 35.1 Å². The van der Waals surface area contributed by atoms with E-state index in [2.05, 4.69) is 17.8 Å². The van der Waals surface area contributed by atoms with Crippen LogP contribution in [0, 0.1) is 5.92 Å². The molecule has 154 valence electrons. The SMILES string of the molecule is CCCCOc1ccc(C(=O)NNC(=O)C2CC2c2ccccc2Cl)cc1OC. The van der Waals surface area contributed by atoms with E-state index in [4.69, 9.17) is 21.1 Å². The summed E-state index contributed by atoms with van der Waals surface area (Å²) in [6.45, 7) is 2.67. The van der Waals surface area contributed by atoms with Gasteiger partial charge in [0.25, 0.3) is 5.91 Å². The van der Waals surface area contributed by atoms with Gasteiger partial charge in [0.05, 0.1) is 13.7 Å². The third-order valence-corrected chi connectivity index (χ3v) is 5.26. The van der Waals surface area contributed by atoms with E-state index in [1.54, 1.807) is 18.2 Å². The summed E-state index contributed by atoms with van der Waals surface area (Å²) >= 11 is 6.19. The summed E-state index contributed by atoms with van der Waals surface area (Å²) in [4.78, 5) is 24.7. The lowest BCUT2D eigenvalue weighted by Gasteiger charge is -2.12. The summed E-state index contributed by atoms with van der Waals surface area (Å²) in [5, 5.41) is 0.658. The molecule has 6 nitrogen and oxygen atoms in total. The smallest absolute Gasteiger partial charge is 0.269 e. The Kier molecular flexibility index (Phi) is 6.99. The van der Waals surface area contributed by atoms with Gasteiger partial charge in [-0.3, -0.25) is 20.4 Å². The molecule has 0 radical (unpaired) electrons. The maximum atomic E-state index is 12.4. The fourth-order valence-corrected chi connectivity index (χ4v) is 3.42. The third kappa shape index (κ3) is 5.21. The van der Waals surface area contributed by atoms with Crippen LogP contribution in [0.1, 0.15) is 48.0 Å². The van der Waals surface area contributed by atoms with Crippen molar-refractivity contribution < 1.29 is 19.1 Å². The molecule has 2 aromatic rings. The fourth-order valence-electron chi connectivity index (χ4n) is 3.14. The van der Waals surface area contributed by atoms with Crippen molar-refractivity contribution >= 4 is 23.4 Å². The van der Waals surface area contributed by atoms with Gasteiger partial charge in [-0.2, -0.15) is 0 Å². The monoisotopic (exact) mass is 416 g/mol. The molecule has 0 aromatic heterocycles. The molecule has 1 fully saturated rings. The Balaban J connectivity index is 1.54. The van der Waals surface area contributed by atoms with E-state index in [1.165, 1.54) is 7.11 Å². The summed E-state index contributed by atoms with van der Waals surface area (Å²) in [5.74, 6) is 0.295. The lowest BCUT2D eigenvalue weighted by atomic mass is 10.1. The van der Waals surface area contributed by atoms with Crippen molar-refractivity contribution in [1.29, 1.82) is 0 Å². The molecule has 0 heterocycles. The Morgan fingerprint density at radius 1 is 1.14 bits per heavy atom. The number of ether oxygens (including phenoxy) is 2. The van der Waals surface area contributed by atoms with Gasteiger partial charge in [-0.1, -0.05) is 43.1 Å². The highest BCUT2D eigenvalue weighted by molar-refractivity contribution is 6.31. The van der Waals surface area contributed by atoms with Crippen LogP contribution in [0.25, 0.3) is 0 Å². The maximum absolute atomic E-state index is 12.4. The summed E-state index contributed by atoms with van der Waals surface area (Å²) in [7, 11) is 1.52. The number of nitrogens with one attached hydrogen (secondary N) is 2. The minimum atomic E-state index is -0.424. The van der Waals surface area contributed by atoms with E-state index in [-0.39, 0.29) is 17.7 Å². The van der Waals surface area contributed by atoms with Crippen molar-refractivity contribution in [2.24, 2.45) is 5.92 Å². The first-order valence-corrected chi connectivity index (χ1v) is 10.1. The van der Waals surface area contributed by atoms with Gasteiger partial charge in [-0.15, -0.1) is 0 Å². The Labute approximate surface area is 175 Å². The molecule has 2 unspecified atom stereocenters. The van der Waals surface area contributed by atoms with Crippen molar-refractivity contribution in [1.82, 2.24) is 10.9 Å². The maximum Gasteiger partial charge on any atom is 0.269 e. The summed E-state index contributed by atoms with van der Waals surface area (Å²) < 4.78 is 11.0. The number of methoxy groups -OCH3 is 1. The molecule has 1 saturated carbocycles. The highest BCUT2D eigenvalue weighted by atomic mass is 35.5. The van der Waals surface area contributed by atoms with Gasteiger partial charge in [-0.05, 0) is 48.6 Å². The van der Waals surface area contributed by atoms with Gasteiger partial charge in [0.15, 0.2) is 11.5 Å². The summed E-state index contributed by atoms with van der Waals surface area (Å²) in [5.41, 5.74) is 6.29. The van der Waals surface area contributed by atoms with Crippen LogP contribution in [0.5, 0.6) is 11.5 Å². The van der Waals surface area contributed by atoms with Gasteiger partial charge in [0.1, 0.15) is 0 Å². The number of benzene rings is 2. The highest BCUT2D eigenvalue weighted by Gasteiger charge is 2.44. The van der Waals surface area contributed by atoms with E-state index >= 15 is 0 Å². The van der Waals surface area contributed by atoms with E-state index in [9.17, 15) is 9.59 Å². The number of hydrogen-bond acceptors (Lipinski definition) is 4. The lowest BCUT2D eigenvalue weighted by Crippen LogP contribution is -2.42. The second-order valence-electron chi connectivity index (χ2n) is 6.98. The zero-order chi connectivity index (χ0) is 20.8. The van der Waals surface area contributed by atoms with Crippen LogP contribution >= 0.6 is 11.6 Å². The zero-order valence-corrected chi connectivity index (χ0v) is 17.3. The number of unbranched alkanes of at least 4 members (excludes halogenated alkanes) is 1. The summed E-state index contributed by atoms with van der Waals surface area (Å²) in [6.07, 6.45) is 2.68. The van der Waals surface area contributed by atoms with Crippen LogP contribution in [0.15, 0.2) is 42.5 Å². The van der Waals surface area contributed by atoms with Crippen molar-refractivity contribution in [3.05, 3.63) is 58.6 Å². The van der Waals surface area contributed by atoms with Crippen molar-refractivity contribution in [3.63, 3.8) is 0 Å². The number of carbonyl (C=O) groups excluding carboxylic acids is 2. The largest absolute Gasteiger partial charge is 0.493 e. The second-order valence-corrected chi connectivity index (χ2v) is 7.39.